The zero-order valence-electron chi connectivity index (χ0n) is 10.6. The van der Waals surface area contributed by atoms with Gasteiger partial charge in [0.15, 0.2) is 0 Å². The van der Waals surface area contributed by atoms with Crippen molar-refractivity contribution in [2.45, 2.75) is 37.1 Å². The van der Waals surface area contributed by atoms with Gasteiger partial charge in [0, 0.05) is 11.7 Å². The molecule has 0 saturated heterocycles. The molecular weight excluding hydrogens is 266 g/mol. The summed E-state index contributed by atoms with van der Waals surface area (Å²) in [4.78, 5) is 11.7. The topological polar surface area (TPSA) is 101 Å². The maximum Gasteiger partial charge on any atom is 0.319 e. The minimum atomic E-state index is -3.78. The molecular formula is C12H17N3O3S. The number of benzene rings is 1. The Morgan fingerprint density at radius 2 is 2.05 bits per heavy atom. The van der Waals surface area contributed by atoms with Gasteiger partial charge < -0.3 is 10.6 Å². The summed E-state index contributed by atoms with van der Waals surface area (Å²) >= 11 is 0. The Kier molecular flexibility index (Phi) is 3.77. The van der Waals surface area contributed by atoms with Crippen LogP contribution in [0.3, 0.4) is 0 Å². The van der Waals surface area contributed by atoms with E-state index in [1.165, 1.54) is 6.07 Å². The Balaban J connectivity index is 2.14. The van der Waals surface area contributed by atoms with Crippen molar-refractivity contribution in [3.63, 3.8) is 0 Å². The third-order valence-corrected chi connectivity index (χ3v) is 4.33. The number of hydrogen-bond donors (Lipinski definition) is 3. The fourth-order valence-electron chi connectivity index (χ4n) is 1.95. The Labute approximate surface area is 112 Å². The van der Waals surface area contributed by atoms with Gasteiger partial charge in [0.05, 0.1) is 4.90 Å². The standard InChI is InChI=1S/C12H17N3O3S/c1-8-10(6-3-7-11(8)19(13,17)18)15-12(16)14-9-4-2-5-9/h3,6-7,9H,2,4-5H2,1H3,(H2,13,17,18)(H2,14,15,16). The minimum absolute atomic E-state index is 0.0222. The van der Waals surface area contributed by atoms with Gasteiger partial charge in [-0.25, -0.2) is 18.4 Å². The number of carbonyl (C=O) groups is 1. The van der Waals surface area contributed by atoms with E-state index >= 15 is 0 Å². The van der Waals surface area contributed by atoms with E-state index in [1.807, 2.05) is 0 Å². The average Bonchev–Trinajstić information content (AvgIpc) is 2.25. The molecule has 0 atom stereocenters. The summed E-state index contributed by atoms with van der Waals surface area (Å²) in [6.45, 7) is 1.61. The van der Waals surface area contributed by atoms with Crippen LogP contribution in [-0.2, 0) is 10.0 Å². The van der Waals surface area contributed by atoms with Crippen molar-refractivity contribution in [2.75, 3.05) is 5.32 Å². The Bertz CT molecular complexity index is 594. The largest absolute Gasteiger partial charge is 0.335 e. The molecule has 0 unspecified atom stereocenters. The molecule has 1 aliphatic rings. The molecule has 6 nitrogen and oxygen atoms in total. The molecule has 0 spiro atoms. The first-order valence-electron chi connectivity index (χ1n) is 6.08. The zero-order chi connectivity index (χ0) is 14.0. The molecule has 104 valence electrons. The molecule has 0 aromatic heterocycles. The average molecular weight is 283 g/mol. The van der Waals surface area contributed by atoms with Crippen molar-refractivity contribution in [2.24, 2.45) is 5.14 Å². The quantitative estimate of drug-likeness (QED) is 0.779. The fourth-order valence-corrected chi connectivity index (χ4v) is 2.76. The van der Waals surface area contributed by atoms with Crippen LogP contribution in [0, 0.1) is 6.92 Å². The van der Waals surface area contributed by atoms with Gasteiger partial charge in [-0.15, -0.1) is 0 Å². The number of carbonyl (C=O) groups excluding carboxylic acids is 1. The van der Waals surface area contributed by atoms with Gasteiger partial charge in [0.2, 0.25) is 10.0 Å². The Hall–Kier alpha value is -1.60. The molecule has 7 heteroatoms. The van der Waals surface area contributed by atoms with Crippen molar-refractivity contribution in [3.05, 3.63) is 23.8 Å². The highest BCUT2D eigenvalue weighted by Gasteiger charge is 2.20. The van der Waals surface area contributed by atoms with Gasteiger partial charge in [-0.05, 0) is 43.9 Å². The number of amides is 2. The van der Waals surface area contributed by atoms with E-state index in [4.69, 9.17) is 5.14 Å². The van der Waals surface area contributed by atoms with Gasteiger partial charge in [-0.1, -0.05) is 6.07 Å². The van der Waals surface area contributed by atoms with Crippen LogP contribution < -0.4 is 15.8 Å². The number of sulfonamides is 1. The lowest BCUT2D eigenvalue weighted by Gasteiger charge is -2.26. The predicted molar refractivity (Wildman–Crippen MR) is 72.3 cm³/mol. The first-order valence-corrected chi connectivity index (χ1v) is 7.62. The van der Waals surface area contributed by atoms with Gasteiger partial charge in [0.25, 0.3) is 0 Å². The summed E-state index contributed by atoms with van der Waals surface area (Å²) in [7, 11) is -3.78. The van der Waals surface area contributed by atoms with Gasteiger partial charge in [-0.2, -0.15) is 0 Å². The number of nitrogens with two attached hydrogens (primary N) is 1. The van der Waals surface area contributed by atoms with Gasteiger partial charge in [-0.3, -0.25) is 0 Å². The molecule has 0 bridgehead atoms. The molecule has 1 aromatic rings. The van der Waals surface area contributed by atoms with E-state index in [0.29, 0.717) is 11.3 Å². The molecule has 2 rings (SSSR count). The van der Waals surface area contributed by atoms with E-state index < -0.39 is 10.0 Å². The summed E-state index contributed by atoms with van der Waals surface area (Å²) in [5.41, 5.74) is 0.886. The van der Waals surface area contributed by atoms with Crippen LogP contribution in [0.15, 0.2) is 23.1 Å². The molecule has 1 aliphatic carbocycles. The summed E-state index contributed by atoms with van der Waals surface area (Å²) in [5.74, 6) is 0. The third-order valence-electron chi connectivity index (χ3n) is 3.28. The number of nitrogens with one attached hydrogen (secondary N) is 2. The van der Waals surface area contributed by atoms with Crippen LogP contribution in [0.1, 0.15) is 24.8 Å². The highest BCUT2D eigenvalue weighted by molar-refractivity contribution is 7.89. The number of primary sulfonamides is 1. The van der Waals surface area contributed by atoms with Crippen molar-refractivity contribution in [3.8, 4) is 0 Å². The second kappa shape index (κ2) is 5.18. The van der Waals surface area contributed by atoms with E-state index in [1.54, 1.807) is 19.1 Å². The lowest BCUT2D eigenvalue weighted by atomic mass is 9.93. The Morgan fingerprint density at radius 1 is 1.37 bits per heavy atom. The summed E-state index contributed by atoms with van der Waals surface area (Å²) in [6.07, 6.45) is 3.11. The maximum absolute atomic E-state index is 11.7. The SMILES string of the molecule is Cc1c(NC(=O)NC2CCC2)cccc1S(N)(=O)=O. The highest BCUT2D eigenvalue weighted by Crippen LogP contribution is 2.22. The summed E-state index contributed by atoms with van der Waals surface area (Å²) < 4.78 is 22.7. The highest BCUT2D eigenvalue weighted by atomic mass is 32.2. The zero-order valence-corrected chi connectivity index (χ0v) is 11.5. The number of rotatable bonds is 3. The monoisotopic (exact) mass is 283 g/mol. The van der Waals surface area contributed by atoms with Gasteiger partial charge >= 0.3 is 6.03 Å². The van der Waals surface area contributed by atoms with Gasteiger partial charge in [0.1, 0.15) is 0 Å². The lowest BCUT2D eigenvalue weighted by Crippen LogP contribution is -2.42. The number of urea groups is 1. The van der Waals surface area contributed by atoms with Crippen LogP contribution in [0.5, 0.6) is 0 Å². The van der Waals surface area contributed by atoms with E-state index in [-0.39, 0.29) is 17.0 Å². The predicted octanol–water partition coefficient (Wildman–Crippen LogP) is 1.32. The van der Waals surface area contributed by atoms with Crippen molar-refractivity contribution in [1.82, 2.24) is 5.32 Å². The molecule has 0 radical (unpaired) electrons. The second-order valence-electron chi connectivity index (χ2n) is 4.70. The van der Waals surface area contributed by atoms with Crippen LogP contribution in [0.25, 0.3) is 0 Å². The van der Waals surface area contributed by atoms with Crippen molar-refractivity contribution in [1.29, 1.82) is 0 Å². The Morgan fingerprint density at radius 3 is 2.58 bits per heavy atom. The lowest BCUT2D eigenvalue weighted by molar-refractivity contribution is 0.240. The van der Waals surface area contributed by atoms with Crippen LogP contribution in [0.4, 0.5) is 10.5 Å². The summed E-state index contributed by atoms with van der Waals surface area (Å²) in [6, 6.07) is 4.51. The molecule has 1 aromatic carbocycles. The molecule has 19 heavy (non-hydrogen) atoms. The molecule has 1 fully saturated rings. The van der Waals surface area contributed by atoms with Crippen molar-refractivity contribution >= 4 is 21.7 Å². The minimum Gasteiger partial charge on any atom is -0.335 e. The van der Waals surface area contributed by atoms with E-state index in [9.17, 15) is 13.2 Å². The van der Waals surface area contributed by atoms with E-state index in [0.717, 1.165) is 19.3 Å². The third kappa shape index (κ3) is 3.24. The first kappa shape index (κ1) is 13.8. The second-order valence-corrected chi connectivity index (χ2v) is 6.23. The summed E-state index contributed by atoms with van der Waals surface area (Å²) in [5, 5.41) is 10.6. The number of hydrogen-bond acceptors (Lipinski definition) is 3. The molecule has 1 saturated carbocycles. The van der Waals surface area contributed by atoms with Crippen molar-refractivity contribution < 1.29 is 13.2 Å². The molecule has 2 amide bonds. The molecule has 0 aliphatic heterocycles. The first-order chi connectivity index (χ1) is 8.88. The smallest absolute Gasteiger partial charge is 0.319 e. The van der Waals surface area contributed by atoms with Crippen LogP contribution in [0.2, 0.25) is 0 Å². The fraction of sp³-hybridized carbons (Fsp3) is 0.417. The van der Waals surface area contributed by atoms with Crippen LogP contribution in [-0.4, -0.2) is 20.5 Å². The maximum atomic E-state index is 11.7. The number of anilines is 1. The van der Waals surface area contributed by atoms with E-state index in [2.05, 4.69) is 10.6 Å². The van der Waals surface area contributed by atoms with Crippen LogP contribution >= 0.6 is 0 Å². The molecule has 0 heterocycles. The normalized spacial score (nSPS) is 15.7. The molecule has 4 N–H and O–H groups in total.